The average molecular weight is 392 g/mol. The van der Waals surface area contributed by atoms with Crippen molar-refractivity contribution in [2.45, 2.75) is 32.7 Å². The summed E-state index contributed by atoms with van der Waals surface area (Å²) in [5, 5.41) is 14.4. The van der Waals surface area contributed by atoms with Crippen molar-refractivity contribution in [3.8, 4) is 0 Å². The van der Waals surface area contributed by atoms with E-state index in [1.165, 1.54) is 0 Å². The predicted octanol–water partition coefficient (Wildman–Crippen LogP) is 2.67. The van der Waals surface area contributed by atoms with Crippen molar-refractivity contribution in [1.29, 1.82) is 0 Å². The van der Waals surface area contributed by atoms with Crippen LogP contribution in [0.15, 0.2) is 30.6 Å². The molecule has 29 heavy (non-hydrogen) atoms. The maximum Gasteiger partial charge on any atom is 0.247 e. The van der Waals surface area contributed by atoms with Crippen molar-refractivity contribution in [2.75, 3.05) is 11.9 Å². The molecule has 0 radical (unpaired) electrons. The molecule has 150 valence electrons. The fourth-order valence-electron chi connectivity index (χ4n) is 3.57. The van der Waals surface area contributed by atoms with E-state index in [-0.39, 0.29) is 11.9 Å². The number of anilines is 2. The quantitative estimate of drug-likeness (QED) is 0.647. The molecule has 2 N–H and O–H groups in total. The van der Waals surface area contributed by atoms with Crippen molar-refractivity contribution < 1.29 is 4.79 Å². The summed E-state index contributed by atoms with van der Waals surface area (Å²) in [6.45, 7) is 4.51. The van der Waals surface area contributed by atoms with Gasteiger partial charge < -0.3 is 10.2 Å². The summed E-state index contributed by atoms with van der Waals surface area (Å²) < 4.78 is 1.71. The monoisotopic (exact) mass is 392 g/mol. The van der Waals surface area contributed by atoms with E-state index in [4.69, 9.17) is 0 Å². The number of carbonyl (C=O) groups is 1. The highest BCUT2D eigenvalue weighted by atomic mass is 16.2. The summed E-state index contributed by atoms with van der Waals surface area (Å²) in [6, 6.07) is 3.74. The van der Waals surface area contributed by atoms with E-state index in [0.717, 1.165) is 29.8 Å². The minimum Gasteiger partial charge on any atom is -0.331 e. The van der Waals surface area contributed by atoms with Crippen LogP contribution in [0.1, 0.15) is 41.7 Å². The molecule has 9 heteroatoms. The van der Waals surface area contributed by atoms with Crippen LogP contribution in [0, 0.1) is 13.8 Å². The van der Waals surface area contributed by atoms with Gasteiger partial charge in [0.2, 0.25) is 5.91 Å². The fraction of sp³-hybridized carbons (Fsp3) is 0.350. The van der Waals surface area contributed by atoms with Crippen LogP contribution in [-0.2, 0) is 11.8 Å². The van der Waals surface area contributed by atoms with Crippen LogP contribution in [0.4, 0.5) is 11.6 Å². The van der Waals surface area contributed by atoms with Gasteiger partial charge in [-0.2, -0.15) is 10.2 Å². The molecule has 0 unspecified atom stereocenters. The highest BCUT2D eigenvalue weighted by molar-refractivity contribution is 5.92. The lowest BCUT2D eigenvalue weighted by molar-refractivity contribution is -0.126. The predicted molar refractivity (Wildman–Crippen MR) is 109 cm³/mol. The average Bonchev–Trinajstić information content (AvgIpc) is 3.41. The molecule has 0 aliphatic carbocycles. The second-order valence-electron chi connectivity index (χ2n) is 7.26. The molecule has 1 aliphatic rings. The molecule has 1 amide bonds. The molecule has 4 rings (SSSR count). The number of amides is 1. The van der Waals surface area contributed by atoms with Crippen LogP contribution in [0.3, 0.4) is 0 Å². The van der Waals surface area contributed by atoms with Gasteiger partial charge in [-0.25, -0.2) is 9.97 Å². The van der Waals surface area contributed by atoms with Crippen molar-refractivity contribution in [3.05, 3.63) is 53.4 Å². The fourth-order valence-corrected chi connectivity index (χ4v) is 3.57. The van der Waals surface area contributed by atoms with Gasteiger partial charge in [0.1, 0.15) is 11.6 Å². The van der Waals surface area contributed by atoms with Crippen molar-refractivity contribution in [1.82, 2.24) is 34.8 Å². The summed E-state index contributed by atoms with van der Waals surface area (Å²) in [7, 11) is 1.85. The third-order valence-corrected chi connectivity index (χ3v) is 4.84. The van der Waals surface area contributed by atoms with Crippen molar-refractivity contribution in [3.63, 3.8) is 0 Å². The standard InChI is InChI=1S/C20H24N8O/c1-13-9-19(26-25-13)24-18-10-16(22-14(2)23-18)17-5-4-8-28(17)20(29)7-6-15-11-21-27(3)12-15/h6-7,9-12,17H,4-5,8H2,1-3H3,(H2,22,23,24,25,26)/b7-6+/t17-/m0/s1. The van der Waals surface area contributed by atoms with E-state index in [9.17, 15) is 4.79 Å². The Kier molecular flexibility index (Phi) is 5.11. The topological polar surface area (TPSA) is 105 Å². The number of likely N-dealkylation sites (tertiary alicyclic amines) is 1. The maximum absolute atomic E-state index is 12.8. The first kappa shape index (κ1) is 18.9. The minimum atomic E-state index is -0.0655. The van der Waals surface area contributed by atoms with Gasteiger partial charge >= 0.3 is 0 Å². The molecular weight excluding hydrogens is 368 g/mol. The van der Waals surface area contributed by atoms with Crippen LogP contribution in [0.25, 0.3) is 6.08 Å². The number of carbonyl (C=O) groups excluding carboxylic acids is 1. The number of rotatable bonds is 5. The Morgan fingerprint density at radius 3 is 2.86 bits per heavy atom. The highest BCUT2D eigenvalue weighted by Gasteiger charge is 2.30. The van der Waals surface area contributed by atoms with E-state index < -0.39 is 0 Å². The first-order valence-corrected chi connectivity index (χ1v) is 9.60. The first-order valence-electron chi connectivity index (χ1n) is 9.60. The molecule has 0 saturated carbocycles. The van der Waals surface area contributed by atoms with Gasteiger partial charge in [-0.1, -0.05) is 0 Å². The Bertz CT molecular complexity index is 1050. The Hall–Kier alpha value is -3.49. The van der Waals surface area contributed by atoms with Gasteiger partial charge in [-0.3, -0.25) is 14.6 Å². The van der Waals surface area contributed by atoms with Gasteiger partial charge in [0, 0.05) is 49.3 Å². The number of hydrogen-bond donors (Lipinski definition) is 2. The van der Waals surface area contributed by atoms with Gasteiger partial charge in [0.05, 0.1) is 17.9 Å². The zero-order valence-corrected chi connectivity index (χ0v) is 16.8. The second-order valence-corrected chi connectivity index (χ2v) is 7.26. The molecule has 1 fully saturated rings. The number of nitrogens with one attached hydrogen (secondary N) is 2. The van der Waals surface area contributed by atoms with E-state index in [2.05, 4.69) is 30.6 Å². The molecule has 1 aliphatic heterocycles. The molecule has 4 heterocycles. The zero-order valence-electron chi connectivity index (χ0n) is 16.8. The van der Waals surface area contributed by atoms with E-state index in [1.54, 1.807) is 23.0 Å². The van der Waals surface area contributed by atoms with E-state index in [1.807, 2.05) is 44.1 Å². The summed E-state index contributed by atoms with van der Waals surface area (Å²) >= 11 is 0. The third kappa shape index (κ3) is 4.34. The summed E-state index contributed by atoms with van der Waals surface area (Å²) in [4.78, 5) is 23.7. The Labute approximate surface area is 168 Å². The Morgan fingerprint density at radius 2 is 2.14 bits per heavy atom. The minimum absolute atomic E-state index is 0.0231. The van der Waals surface area contributed by atoms with Gasteiger partial charge in [0.25, 0.3) is 0 Å². The molecule has 0 bridgehead atoms. The molecule has 1 saturated heterocycles. The second kappa shape index (κ2) is 7.86. The molecule has 9 nitrogen and oxygen atoms in total. The molecule has 0 aromatic carbocycles. The van der Waals surface area contributed by atoms with Crippen LogP contribution in [0.5, 0.6) is 0 Å². The molecule has 1 atom stereocenters. The molecule has 0 spiro atoms. The van der Waals surface area contributed by atoms with Gasteiger partial charge in [-0.05, 0) is 32.8 Å². The molecule has 3 aromatic rings. The number of aromatic amines is 1. The van der Waals surface area contributed by atoms with E-state index >= 15 is 0 Å². The summed E-state index contributed by atoms with van der Waals surface area (Å²) in [5.41, 5.74) is 2.70. The van der Waals surface area contributed by atoms with Crippen LogP contribution >= 0.6 is 0 Å². The van der Waals surface area contributed by atoms with E-state index in [0.29, 0.717) is 24.0 Å². The zero-order chi connectivity index (χ0) is 20.4. The Morgan fingerprint density at radius 1 is 1.28 bits per heavy atom. The molecule has 3 aromatic heterocycles. The SMILES string of the molecule is Cc1nc(Nc2cc(C)[nH]n2)cc([C@@H]2CCCN2C(=O)/C=C/c2cnn(C)c2)n1. The maximum atomic E-state index is 12.8. The largest absolute Gasteiger partial charge is 0.331 e. The van der Waals surface area contributed by atoms with Crippen LogP contribution in [0.2, 0.25) is 0 Å². The summed E-state index contributed by atoms with van der Waals surface area (Å²) in [5.74, 6) is 2.00. The lowest BCUT2D eigenvalue weighted by Crippen LogP contribution is -2.29. The number of aryl methyl sites for hydroxylation is 3. The first-order chi connectivity index (χ1) is 14.0. The van der Waals surface area contributed by atoms with Crippen molar-refractivity contribution in [2.24, 2.45) is 7.05 Å². The Balaban J connectivity index is 1.53. The van der Waals surface area contributed by atoms with Crippen molar-refractivity contribution >= 4 is 23.6 Å². The van der Waals surface area contributed by atoms with Gasteiger partial charge in [0.15, 0.2) is 5.82 Å². The van der Waals surface area contributed by atoms with Crippen LogP contribution in [-0.4, -0.2) is 47.3 Å². The summed E-state index contributed by atoms with van der Waals surface area (Å²) in [6.07, 6.45) is 8.82. The third-order valence-electron chi connectivity index (χ3n) is 4.84. The smallest absolute Gasteiger partial charge is 0.247 e. The highest BCUT2D eigenvalue weighted by Crippen LogP contribution is 2.32. The number of nitrogens with zero attached hydrogens (tertiary/aromatic N) is 6. The van der Waals surface area contributed by atoms with Gasteiger partial charge in [-0.15, -0.1) is 0 Å². The number of aromatic nitrogens is 6. The lowest BCUT2D eigenvalue weighted by atomic mass is 10.1. The van der Waals surface area contributed by atoms with Crippen LogP contribution < -0.4 is 5.32 Å². The number of H-pyrrole nitrogens is 1. The lowest BCUT2D eigenvalue weighted by Gasteiger charge is -2.23. The molecular formula is C20H24N8O. The normalized spacial score (nSPS) is 16.7. The number of hydrogen-bond acceptors (Lipinski definition) is 6.